The van der Waals surface area contributed by atoms with E-state index in [0.29, 0.717) is 11.2 Å². The molecule has 8 nitrogen and oxygen atoms in total. The number of thioether (sulfide) groups is 1. The normalized spacial score (nSPS) is 15.9. The van der Waals surface area contributed by atoms with Gasteiger partial charge in [0.2, 0.25) is 11.1 Å². The second kappa shape index (κ2) is 6.21. The molecule has 1 amide bonds. The van der Waals surface area contributed by atoms with Crippen LogP contribution >= 0.6 is 11.8 Å². The number of carbonyl (C=O) groups is 2. The largest absolute Gasteiger partial charge is 0.481 e. The summed E-state index contributed by atoms with van der Waals surface area (Å²) in [5, 5.41) is 20.9. The molecule has 1 aliphatic rings. The lowest BCUT2D eigenvalue weighted by atomic mass is 10.2. The number of aromatic nitrogens is 4. The van der Waals surface area contributed by atoms with Crippen molar-refractivity contribution in [1.82, 2.24) is 25.1 Å². The number of carboxylic acids is 1. The van der Waals surface area contributed by atoms with Gasteiger partial charge in [-0.3, -0.25) is 9.59 Å². The second-order valence-corrected chi connectivity index (χ2v) is 5.88. The maximum Gasteiger partial charge on any atom is 0.308 e. The van der Waals surface area contributed by atoms with Gasteiger partial charge in [-0.1, -0.05) is 18.7 Å². The minimum atomic E-state index is -0.907. The number of carbonyl (C=O) groups excluding carboxylic acids is 1. The molecule has 110 valence electrons. The van der Waals surface area contributed by atoms with E-state index < -0.39 is 11.9 Å². The van der Waals surface area contributed by atoms with Gasteiger partial charge in [-0.15, -0.1) is 5.10 Å². The zero-order valence-electron chi connectivity index (χ0n) is 11.4. The van der Waals surface area contributed by atoms with Crippen molar-refractivity contribution in [1.29, 1.82) is 0 Å². The molecule has 0 spiro atoms. The van der Waals surface area contributed by atoms with Gasteiger partial charge in [0, 0.05) is 13.6 Å². The Kier molecular flexibility index (Phi) is 4.58. The third kappa shape index (κ3) is 3.69. The number of hydrogen-bond acceptors (Lipinski definition) is 6. The fourth-order valence-corrected chi connectivity index (χ4v) is 2.54. The molecule has 20 heavy (non-hydrogen) atoms. The fraction of sp³-hybridized carbons (Fsp3) is 0.727. The van der Waals surface area contributed by atoms with E-state index in [4.69, 9.17) is 5.11 Å². The SMILES string of the molecule is CC(CN(C)C(=O)CSc1nnnn1C1CC1)C(=O)O. The summed E-state index contributed by atoms with van der Waals surface area (Å²) >= 11 is 1.28. The third-order valence-corrected chi connectivity index (χ3v) is 3.99. The lowest BCUT2D eigenvalue weighted by Crippen LogP contribution is -2.34. The fourth-order valence-electron chi connectivity index (χ4n) is 1.66. The Morgan fingerprint density at radius 1 is 1.55 bits per heavy atom. The number of nitrogens with zero attached hydrogens (tertiary/aromatic N) is 5. The first kappa shape index (κ1) is 14.8. The summed E-state index contributed by atoms with van der Waals surface area (Å²) in [6, 6.07) is 0.368. The van der Waals surface area contributed by atoms with Gasteiger partial charge in [0.05, 0.1) is 17.7 Å². The lowest BCUT2D eigenvalue weighted by molar-refractivity contribution is -0.142. The summed E-state index contributed by atoms with van der Waals surface area (Å²) in [6.45, 7) is 1.77. The Labute approximate surface area is 120 Å². The predicted octanol–water partition coefficient (Wildman–Crippen LogP) is 0.279. The summed E-state index contributed by atoms with van der Waals surface area (Å²) in [6.07, 6.45) is 2.14. The zero-order chi connectivity index (χ0) is 14.7. The van der Waals surface area contributed by atoms with Crippen LogP contribution in [0.3, 0.4) is 0 Å². The van der Waals surface area contributed by atoms with E-state index in [1.54, 1.807) is 18.7 Å². The number of rotatable bonds is 7. The van der Waals surface area contributed by atoms with Crippen LogP contribution in [0.4, 0.5) is 0 Å². The van der Waals surface area contributed by atoms with Gasteiger partial charge in [0.15, 0.2) is 0 Å². The molecule has 1 fully saturated rings. The molecular formula is C11H17N5O3S. The number of hydrogen-bond donors (Lipinski definition) is 1. The number of amides is 1. The topological polar surface area (TPSA) is 101 Å². The van der Waals surface area contributed by atoms with Crippen molar-refractivity contribution in [3.63, 3.8) is 0 Å². The summed E-state index contributed by atoms with van der Waals surface area (Å²) in [4.78, 5) is 24.1. The summed E-state index contributed by atoms with van der Waals surface area (Å²) in [5.41, 5.74) is 0. The van der Waals surface area contributed by atoms with Crippen molar-refractivity contribution < 1.29 is 14.7 Å². The molecule has 0 aliphatic heterocycles. The maximum absolute atomic E-state index is 11.9. The minimum absolute atomic E-state index is 0.131. The van der Waals surface area contributed by atoms with Gasteiger partial charge in [0.1, 0.15) is 0 Å². The van der Waals surface area contributed by atoms with Crippen LogP contribution in [0.25, 0.3) is 0 Å². The van der Waals surface area contributed by atoms with Crippen LogP contribution < -0.4 is 0 Å². The Morgan fingerprint density at radius 2 is 2.25 bits per heavy atom. The average Bonchev–Trinajstić information content (AvgIpc) is 3.14. The van der Waals surface area contributed by atoms with E-state index >= 15 is 0 Å². The van der Waals surface area contributed by atoms with Crippen molar-refractivity contribution in [3.05, 3.63) is 0 Å². The monoisotopic (exact) mass is 299 g/mol. The Hall–Kier alpha value is -1.64. The summed E-state index contributed by atoms with van der Waals surface area (Å²) in [7, 11) is 1.60. The molecule has 1 aromatic rings. The summed E-state index contributed by atoms with van der Waals surface area (Å²) in [5.74, 6) is -1.41. The van der Waals surface area contributed by atoms with Crippen LogP contribution in [0.15, 0.2) is 5.16 Å². The van der Waals surface area contributed by atoms with Gasteiger partial charge in [-0.2, -0.15) is 0 Å². The Balaban J connectivity index is 1.82. The lowest BCUT2D eigenvalue weighted by Gasteiger charge is -2.19. The first-order valence-electron chi connectivity index (χ1n) is 6.36. The molecule has 1 aliphatic carbocycles. The highest BCUT2D eigenvalue weighted by molar-refractivity contribution is 7.99. The molecule has 1 atom stereocenters. The molecule has 9 heteroatoms. The van der Waals surface area contributed by atoms with Crippen LogP contribution in [-0.4, -0.2) is 61.4 Å². The van der Waals surface area contributed by atoms with Crippen molar-refractivity contribution >= 4 is 23.6 Å². The van der Waals surface area contributed by atoms with Crippen LogP contribution in [0, 0.1) is 5.92 Å². The molecule has 1 unspecified atom stereocenters. The van der Waals surface area contributed by atoms with Gasteiger partial charge in [0.25, 0.3) is 0 Å². The number of tetrazole rings is 1. The maximum atomic E-state index is 11.9. The number of aliphatic carboxylic acids is 1. The average molecular weight is 299 g/mol. The van der Waals surface area contributed by atoms with Crippen LogP contribution in [-0.2, 0) is 9.59 Å². The highest BCUT2D eigenvalue weighted by atomic mass is 32.2. The van der Waals surface area contributed by atoms with Gasteiger partial charge in [-0.05, 0) is 23.3 Å². The van der Waals surface area contributed by atoms with E-state index in [0.717, 1.165) is 12.8 Å². The highest BCUT2D eigenvalue weighted by Gasteiger charge is 2.28. The minimum Gasteiger partial charge on any atom is -0.481 e. The first-order chi connectivity index (χ1) is 9.49. The molecule has 1 aromatic heterocycles. The molecule has 1 N–H and O–H groups in total. The molecular weight excluding hydrogens is 282 g/mol. The van der Waals surface area contributed by atoms with E-state index in [9.17, 15) is 9.59 Å². The van der Waals surface area contributed by atoms with Crippen LogP contribution in [0.5, 0.6) is 0 Å². The number of carboxylic acid groups (broad SMARTS) is 1. The predicted molar refractivity (Wildman–Crippen MR) is 71.2 cm³/mol. The van der Waals surface area contributed by atoms with Crippen molar-refractivity contribution in [2.24, 2.45) is 5.92 Å². The zero-order valence-corrected chi connectivity index (χ0v) is 12.2. The van der Waals surface area contributed by atoms with Gasteiger partial charge < -0.3 is 10.0 Å². The third-order valence-electron chi connectivity index (χ3n) is 3.08. The molecule has 2 rings (SSSR count). The van der Waals surface area contributed by atoms with Crippen molar-refractivity contribution in [2.75, 3.05) is 19.3 Å². The van der Waals surface area contributed by atoms with Crippen LogP contribution in [0.2, 0.25) is 0 Å². The second-order valence-electron chi connectivity index (χ2n) is 4.94. The smallest absolute Gasteiger partial charge is 0.308 e. The molecule has 0 bridgehead atoms. The van der Waals surface area contributed by atoms with Crippen molar-refractivity contribution in [3.8, 4) is 0 Å². The first-order valence-corrected chi connectivity index (χ1v) is 7.35. The van der Waals surface area contributed by atoms with E-state index in [-0.39, 0.29) is 18.2 Å². The highest BCUT2D eigenvalue weighted by Crippen LogP contribution is 2.36. The van der Waals surface area contributed by atoms with E-state index in [1.807, 2.05) is 0 Å². The quantitative estimate of drug-likeness (QED) is 0.721. The van der Waals surface area contributed by atoms with Crippen LogP contribution in [0.1, 0.15) is 25.8 Å². The molecule has 0 saturated heterocycles. The van der Waals surface area contributed by atoms with Crippen molar-refractivity contribution in [2.45, 2.75) is 31.0 Å². The Morgan fingerprint density at radius 3 is 2.85 bits per heavy atom. The van der Waals surface area contributed by atoms with E-state index in [1.165, 1.54) is 16.7 Å². The molecule has 1 saturated carbocycles. The van der Waals surface area contributed by atoms with Gasteiger partial charge >= 0.3 is 5.97 Å². The van der Waals surface area contributed by atoms with Gasteiger partial charge in [-0.25, -0.2) is 4.68 Å². The molecule has 0 radical (unpaired) electrons. The standard InChI is InChI=1S/C11H17N5O3S/c1-7(10(18)19)5-15(2)9(17)6-20-11-12-13-14-16(11)8-3-4-8/h7-8H,3-6H2,1-2H3,(H,18,19). The molecule has 1 heterocycles. The summed E-state index contributed by atoms with van der Waals surface area (Å²) < 4.78 is 1.75. The Bertz CT molecular complexity index is 502. The van der Waals surface area contributed by atoms with E-state index in [2.05, 4.69) is 15.5 Å². The molecule has 0 aromatic carbocycles.